The summed E-state index contributed by atoms with van der Waals surface area (Å²) in [5.74, 6) is 1.69. The van der Waals surface area contributed by atoms with Gasteiger partial charge in [-0.3, -0.25) is 4.79 Å². The molecule has 2 aliphatic carbocycles. The Morgan fingerprint density at radius 3 is 3.05 bits per heavy atom. The molecule has 1 heterocycles. The Morgan fingerprint density at radius 2 is 2.26 bits per heavy atom. The van der Waals surface area contributed by atoms with Crippen molar-refractivity contribution in [1.82, 2.24) is 4.90 Å². The monoisotopic (exact) mass is 257 g/mol. The van der Waals surface area contributed by atoms with E-state index in [4.69, 9.17) is 0 Å². The number of carbonyl (C=O) groups is 1. The summed E-state index contributed by atoms with van der Waals surface area (Å²) in [6.45, 7) is 7.11. The smallest absolute Gasteiger partial charge is 0.140 e. The molecule has 0 amide bonds. The highest BCUT2D eigenvalue weighted by molar-refractivity contribution is 5.84. The maximum Gasteiger partial charge on any atom is 0.140 e. The van der Waals surface area contributed by atoms with E-state index in [2.05, 4.69) is 36.6 Å². The van der Waals surface area contributed by atoms with Crippen LogP contribution in [-0.4, -0.2) is 23.3 Å². The second kappa shape index (κ2) is 4.99. The van der Waals surface area contributed by atoms with Crippen molar-refractivity contribution in [2.75, 3.05) is 6.54 Å². The average Bonchev–Trinajstić information content (AvgIpc) is 2.42. The van der Waals surface area contributed by atoms with Crippen LogP contribution in [0.25, 0.3) is 0 Å². The summed E-state index contributed by atoms with van der Waals surface area (Å²) in [7, 11) is 0. The lowest BCUT2D eigenvalue weighted by molar-refractivity contribution is -0.124. The maximum absolute atomic E-state index is 12.1. The van der Waals surface area contributed by atoms with Crippen molar-refractivity contribution in [1.29, 1.82) is 0 Å². The number of carbonyl (C=O) groups excluding carboxylic acids is 1. The molecule has 0 aromatic carbocycles. The van der Waals surface area contributed by atoms with E-state index in [-0.39, 0.29) is 5.92 Å². The summed E-state index contributed by atoms with van der Waals surface area (Å²) < 4.78 is 0. The molecule has 4 atom stereocenters. The zero-order chi connectivity index (χ0) is 13.4. The molecule has 3 rings (SSSR count). The molecule has 0 aromatic heterocycles. The summed E-state index contributed by atoms with van der Waals surface area (Å²) in [6.07, 6.45) is 12.7. The van der Waals surface area contributed by atoms with E-state index in [1.54, 1.807) is 0 Å². The van der Waals surface area contributed by atoms with Crippen LogP contribution >= 0.6 is 0 Å². The maximum atomic E-state index is 12.1. The number of fused-ring (bicyclic) bond motifs is 3. The van der Waals surface area contributed by atoms with Crippen molar-refractivity contribution in [3.05, 3.63) is 36.6 Å². The number of hydrogen-bond acceptors (Lipinski definition) is 2. The van der Waals surface area contributed by atoms with E-state index in [9.17, 15) is 4.79 Å². The molecule has 0 spiro atoms. The fourth-order valence-corrected chi connectivity index (χ4v) is 4.07. The number of allylic oxidation sites excluding steroid dienone is 4. The van der Waals surface area contributed by atoms with Gasteiger partial charge in [0.15, 0.2) is 0 Å². The molecule has 0 radical (unpaired) electrons. The number of nitrogens with zero attached hydrogens (tertiary/aromatic N) is 1. The fourth-order valence-electron chi connectivity index (χ4n) is 4.07. The van der Waals surface area contributed by atoms with Gasteiger partial charge in [-0.15, -0.1) is 6.58 Å². The van der Waals surface area contributed by atoms with Gasteiger partial charge in [-0.25, -0.2) is 0 Å². The van der Waals surface area contributed by atoms with Gasteiger partial charge in [-0.05, 0) is 32.1 Å². The zero-order valence-corrected chi connectivity index (χ0v) is 11.7. The molecule has 102 valence electrons. The number of rotatable bonds is 2. The summed E-state index contributed by atoms with van der Waals surface area (Å²) in [6, 6.07) is 0.598. The number of ketones is 1. The number of piperidine rings is 1. The quantitative estimate of drug-likeness (QED) is 0.707. The molecule has 1 aliphatic heterocycles. The van der Waals surface area contributed by atoms with Crippen molar-refractivity contribution in [3.8, 4) is 0 Å². The summed E-state index contributed by atoms with van der Waals surface area (Å²) in [5.41, 5.74) is 1.47. The molecule has 0 aromatic rings. The third-order valence-corrected chi connectivity index (χ3v) is 5.07. The van der Waals surface area contributed by atoms with Gasteiger partial charge in [0.2, 0.25) is 0 Å². The topological polar surface area (TPSA) is 20.3 Å². The second-order valence-corrected chi connectivity index (χ2v) is 6.12. The van der Waals surface area contributed by atoms with Crippen molar-refractivity contribution in [3.63, 3.8) is 0 Å². The van der Waals surface area contributed by atoms with E-state index >= 15 is 0 Å². The first-order valence-electron chi connectivity index (χ1n) is 7.49. The lowest BCUT2D eigenvalue weighted by Gasteiger charge is -2.48. The van der Waals surface area contributed by atoms with Gasteiger partial charge in [0, 0.05) is 36.5 Å². The molecule has 0 N–H and O–H groups in total. The van der Waals surface area contributed by atoms with E-state index in [1.807, 2.05) is 6.08 Å². The average molecular weight is 257 g/mol. The first kappa shape index (κ1) is 12.7. The SMILES string of the molecule is C=CCN1C2=CCC3C(=O)CC=CC3[C@@H]2CCC1C. The Balaban J connectivity index is 1.91. The van der Waals surface area contributed by atoms with Crippen LogP contribution in [0, 0.1) is 17.8 Å². The zero-order valence-electron chi connectivity index (χ0n) is 11.7. The van der Waals surface area contributed by atoms with Gasteiger partial charge in [0.05, 0.1) is 0 Å². The lowest BCUT2D eigenvalue weighted by atomic mass is 9.66. The molecular formula is C17H23NO. The Kier molecular flexibility index (Phi) is 3.34. The summed E-state index contributed by atoms with van der Waals surface area (Å²) in [4.78, 5) is 14.6. The van der Waals surface area contributed by atoms with E-state index < -0.39 is 0 Å². The van der Waals surface area contributed by atoms with E-state index in [0.717, 1.165) is 13.0 Å². The van der Waals surface area contributed by atoms with Gasteiger partial charge < -0.3 is 4.90 Å². The minimum absolute atomic E-state index is 0.248. The summed E-state index contributed by atoms with van der Waals surface area (Å²) >= 11 is 0. The van der Waals surface area contributed by atoms with Crippen LogP contribution in [0.15, 0.2) is 36.6 Å². The highest BCUT2D eigenvalue weighted by atomic mass is 16.1. The van der Waals surface area contributed by atoms with Crippen LogP contribution in [0.3, 0.4) is 0 Å². The van der Waals surface area contributed by atoms with Crippen molar-refractivity contribution in [2.45, 2.75) is 38.6 Å². The van der Waals surface area contributed by atoms with Gasteiger partial charge in [-0.1, -0.05) is 24.3 Å². The van der Waals surface area contributed by atoms with E-state index in [1.165, 1.54) is 18.5 Å². The third kappa shape index (κ3) is 2.07. The van der Waals surface area contributed by atoms with Crippen LogP contribution < -0.4 is 0 Å². The number of hydrogen-bond donors (Lipinski definition) is 0. The second-order valence-electron chi connectivity index (χ2n) is 6.12. The molecule has 2 nitrogen and oxygen atoms in total. The third-order valence-electron chi connectivity index (χ3n) is 5.07. The van der Waals surface area contributed by atoms with Crippen LogP contribution in [-0.2, 0) is 4.79 Å². The molecular weight excluding hydrogens is 234 g/mol. The lowest BCUT2D eigenvalue weighted by Crippen LogP contribution is -2.46. The molecule has 0 bridgehead atoms. The van der Waals surface area contributed by atoms with Crippen LogP contribution in [0.1, 0.15) is 32.6 Å². The Morgan fingerprint density at radius 1 is 1.42 bits per heavy atom. The fraction of sp³-hybridized carbons (Fsp3) is 0.588. The van der Waals surface area contributed by atoms with Crippen LogP contribution in [0.4, 0.5) is 0 Å². The van der Waals surface area contributed by atoms with Crippen molar-refractivity contribution >= 4 is 5.78 Å². The first-order valence-corrected chi connectivity index (χ1v) is 7.49. The Hall–Kier alpha value is -1.31. The van der Waals surface area contributed by atoms with E-state index in [0.29, 0.717) is 30.1 Å². The molecule has 1 fully saturated rings. The van der Waals surface area contributed by atoms with Crippen LogP contribution in [0.2, 0.25) is 0 Å². The predicted octanol–water partition coefficient (Wildman–Crippen LogP) is 3.32. The van der Waals surface area contributed by atoms with Gasteiger partial charge in [0.25, 0.3) is 0 Å². The highest BCUT2D eigenvalue weighted by Crippen LogP contribution is 2.45. The minimum atomic E-state index is 0.248. The predicted molar refractivity (Wildman–Crippen MR) is 77.5 cm³/mol. The van der Waals surface area contributed by atoms with Crippen molar-refractivity contribution in [2.24, 2.45) is 17.8 Å². The molecule has 3 aliphatic rings. The van der Waals surface area contributed by atoms with Crippen LogP contribution in [0.5, 0.6) is 0 Å². The molecule has 0 saturated carbocycles. The normalized spacial score (nSPS) is 37.4. The van der Waals surface area contributed by atoms with Gasteiger partial charge in [-0.2, -0.15) is 0 Å². The first-order chi connectivity index (χ1) is 9.22. The Labute approximate surface area is 115 Å². The number of likely N-dealkylation sites (tertiary alicyclic amines) is 1. The largest absolute Gasteiger partial charge is 0.368 e. The minimum Gasteiger partial charge on any atom is -0.368 e. The molecule has 2 heteroatoms. The molecule has 3 unspecified atom stereocenters. The molecule has 19 heavy (non-hydrogen) atoms. The number of Topliss-reactive ketones (excluding diaryl/α,β-unsaturated/α-hetero) is 1. The highest BCUT2D eigenvalue weighted by Gasteiger charge is 2.42. The summed E-state index contributed by atoms with van der Waals surface area (Å²) in [5, 5.41) is 0. The molecule has 1 saturated heterocycles. The van der Waals surface area contributed by atoms with Gasteiger partial charge in [0.1, 0.15) is 5.78 Å². The van der Waals surface area contributed by atoms with Crippen molar-refractivity contribution < 1.29 is 4.79 Å². The standard InChI is InChI=1S/C17H23NO/c1-3-11-18-12(2)7-8-14-13-5-4-6-17(19)15(13)9-10-16(14)18/h3-5,10,12-15H,1,6-9,11H2,2H3/t12?,13?,14-,15?/m0/s1. The Bertz CT molecular complexity index is 448. The van der Waals surface area contributed by atoms with Gasteiger partial charge >= 0.3 is 0 Å².